The molecule has 1 N–H and O–H groups in total. The van der Waals surface area contributed by atoms with Gasteiger partial charge in [0.05, 0.1) is 6.61 Å². The van der Waals surface area contributed by atoms with E-state index in [-0.39, 0.29) is 0 Å². The predicted molar refractivity (Wildman–Crippen MR) is 85.6 cm³/mol. The van der Waals surface area contributed by atoms with Gasteiger partial charge in [-0.25, -0.2) is 9.97 Å². The Hall–Kier alpha value is -1.00. The average Bonchev–Trinajstić information content (AvgIpc) is 2.48. The van der Waals surface area contributed by atoms with Crippen LogP contribution in [0.2, 0.25) is 0 Å². The summed E-state index contributed by atoms with van der Waals surface area (Å²) in [5.41, 5.74) is 3.84. The molecule has 118 valence electrons. The minimum Gasteiger partial charge on any atom is -0.381 e. The van der Waals surface area contributed by atoms with Crippen molar-refractivity contribution in [3.63, 3.8) is 0 Å². The summed E-state index contributed by atoms with van der Waals surface area (Å²) in [5, 5.41) is 3.54. The summed E-state index contributed by atoms with van der Waals surface area (Å²) in [5.74, 6) is 1.68. The molecule has 1 atom stereocenters. The Morgan fingerprint density at radius 2 is 2.14 bits per heavy atom. The molecule has 1 heterocycles. The van der Waals surface area contributed by atoms with E-state index >= 15 is 0 Å². The first-order chi connectivity index (χ1) is 10.2. The highest BCUT2D eigenvalue weighted by Crippen LogP contribution is 2.26. The molecule has 1 aliphatic carbocycles. The quantitative estimate of drug-likeness (QED) is 0.748. The van der Waals surface area contributed by atoms with Crippen molar-refractivity contribution in [2.24, 2.45) is 5.92 Å². The van der Waals surface area contributed by atoms with Gasteiger partial charge in [-0.2, -0.15) is 0 Å². The van der Waals surface area contributed by atoms with Crippen molar-refractivity contribution in [3.05, 3.63) is 22.8 Å². The lowest BCUT2D eigenvalue weighted by atomic mass is 9.85. The van der Waals surface area contributed by atoms with E-state index < -0.39 is 0 Å². The lowest BCUT2D eigenvalue weighted by molar-refractivity contribution is 0.149. The Bertz CT molecular complexity index is 448. The Labute approximate surface area is 128 Å². The predicted octanol–water partition coefficient (Wildman–Crippen LogP) is 2.47. The number of rotatable bonds is 8. The van der Waals surface area contributed by atoms with Crippen LogP contribution in [0.15, 0.2) is 0 Å². The molecule has 4 heteroatoms. The van der Waals surface area contributed by atoms with Crippen LogP contribution in [-0.4, -0.2) is 36.3 Å². The monoisotopic (exact) mass is 291 g/mol. The molecule has 4 nitrogen and oxygen atoms in total. The number of fused-ring (bicyclic) bond motifs is 1. The van der Waals surface area contributed by atoms with E-state index in [1.165, 1.54) is 29.8 Å². The number of aromatic nitrogens is 2. The molecule has 1 unspecified atom stereocenters. The first-order valence-corrected chi connectivity index (χ1v) is 8.38. The van der Waals surface area contributed by atoms with Crippen molar-refractivity contribution in [1.29, 1.82) is 0 Å². The Balaban J connectivity index is 1.97. The van der Waals surface area contributed by atoms with Crippen LogP contribution >= 0.6 is 0 Å². The van der Waals surface area contributed by atoms with Gasteiger partial charge in [-0.3, -0.25) is 0 Å². The second-order valence-corrected chi connectivity index (χ2v) is 5.91. The van der Waals surface area contributed by atoms with Crippen LogP contribution in [0.5, 0.6) is 0 Å². The summed E-state index contributed by atoms with van der Waals surface area (Å²) in [6.07, 6.45) is 5.49. The van der Waals surface area contributed by atoms with Crippen molar-refractivity contribution >= 4 is 0 Å². The number of nitrogens with one attached hydrogen (secondary N) is 1. The number of hydrogen-bond acceptors (Lipinski definition) is 4. The molecular formula is C17H29N3O. The van der Waals surface area contributed by atoms with Crippen LogP contribution in [0.4, 0.5) is 0 Å². The SMILES string of the molecule is CCCNCC1CCc2nc(CCOCC)nc(C)c2C1. The number of nitrogens with zero attached hydrogens (tertiary/aromatic N) is 2. The molecule has 1 aromatic heterocycles. The molecule has 2 rings (SSSR count). The van der Waals surface area contributed by atoms with Gasteiger partial charge >= 0.3 is 0 Å². The number of aryl methyl sites for hydroxylation is 2. The second kappa shape index (κ2) is 8.44. The van der Waals surface area contributed by atoms with Crippen LogP contribution in [-0.2, 0) is 24.0 Å². The third kappa shape index (κ3) is 4.75. The van der Waals surface area contributed by atoms with Crippen molar-refractivity contribution < 1.29 is 4.74 Å². The molecule has 0 amide bonds. The van der Waals surface area contributed by atoms with E-state index in [2.05, 4.69) is 24.1 Å². The molecule has 0 bridgehead atoms. The van der Waals surface area contributed by atoms with Gasteiger partial charge in [-0.05, 0) is 64.1 Å². The standard InChI is InChI=1S/C17H29N3O/c1-4-9-18-12-14-6-7-16-15(11-14)13(3)19-17(20-16)8-10-21-5-2/h14,18H,4-12H2,1-3H3. The zero-order chi connectivity index (χ0) is 15.1. The maximum Gasteiger partial charge on any atom is 0.131 e. The van der Waals surface area contributed by atoms with Gasteiger partial charge in [0.15, 0.2) is 0 Å². The van der Waals surface area contributed by atoms with Gasteiger partial charge < -0.3 is 10.1 Å². The van der Waals surface area contributed by atoms with E-state index in [0.29, 0.717) is 0 Å². The zero-order valence-electron chi connectivity index (χ0n) is 13.7. The van der Waals surface area contributed by atoms with Crippen LogP contribution in [0.1, 0.15) is 49.5 Å². The average molecular weight is 291 g/mol. The normalized spacial score (nSPS) is 17.8. The van der Waals surface area contributed by atoms with Gasteiger partial charge in [-0.15, -0.1) is 0 Å². The molecule has 0 saturated heterocycles. The highest BCUT2D eigenvalue weighted by atomic mass is 16.5. The van der Waals surface area contributed by atoms with Crippen molar-refractivity contribution in [3.8, 4) is 0 Å². The van der Waals surface area contributed by atoms with E-state index in [1.54, 1.807) is 0 Å². The van der Waals surface area contributed by atoms with E-state index in [4.69, 9.17) is 9.72 Å². The van der Waals surface area contributed by atoms with Crippen LogP contribution in [0.3, 0.4) is 0 Å². The molecule has 1 aliphatic rings. The molecule has 1 aromatic rings. The maximum atomic E-state index is 5.41. The Kier molecular flexibility index (Phi) is 6.58. The minimum absolute atomic E-state index is 0.721. The van der Waals surface area contributed by atoms with Gasteiger partial charge in [0, 0.05) is 24.4 Å². The van der Waals surface area contributed by atoms with Crippen molar-refractivity contribution in [2.75, 3.05) is 26.3 Å². The smallest absolute Gasteiger partial charge is 0.131 e. The first-order valence-electron chi connectivity index (χ1n) is 8.38. The highest BCUT2D eigenvalue weighted by Gasteiger charge is 2.22. The highest BCUT2D eigenvalue weighted by molar-refractivity contribution is 5.28. The van der Waals surface area contributed by atoms with Crippen LogP contribution < -0.4 is 5.32 Å². The van der Waals surface area contributed by atoms with Crippen LogP contribution in [0, 0.1) is 12.8 Å². The fourth-order valence-electron chi connectivity index (χ4n) is 3.00. The lowest BCUT2D eigenvalue weighted by Crippen LogP contribution is -2.29. The zero-order valence-corrected chi connectivity index (χ0v) is 13.7. The molecule has 0 saturated carbocycles. The maximum absolute atomic E-state index is 5.41. The van der Waals surface area contributed by atoms with E-state index in [9.17, 15) is 0 Å². The second-order valence-electron chi connectivity index (χ2n) is 5.91. The summed E-state index contributed by atoms with van der Waals surface area (Å²) < 4.78 is 5.41. The van der Waals surface area contributed by atoms with Crippen LogP contribution in [0.25, 0.3) is 0 Å². The minimum atomic E-state index is 0.721. The first kappa shape index (κ1) is 16.4. The van der Waals surface area contributed by atoms with E-state index in [0.717, 1.165) is 57.3 Å². The molecule has 0 aliphatic heterocycles. The van der Waals surface area contributed by atoms with Gasteiger partial charge in [-0.1, -0.05) is 6.92 Å². The summed E-state index contributed by atoms with van der Waals surface area (Å²) in [4.78, 5) is 9.44. The third-order valence-corrected chi connectivity index (χ3v) is 4.16. The van der Waals surface area contributed by atoms with Crippen molar-refractivity contribution in [2.45, 2.75) is 52.9 Å². The Morgan fingerprint density at radius 3 is 2.90 bits per heavy atom. The molecule has 21 heavy (non-hydrogen) atoms. The fourth-order valence-corrected chi connectivity index (χ4v) is 3.00. The van der Waals surface area contributed by atoms with Gasteiger partial charge in [0.1, 0.15) is 5.82 Å². The number of ether oxygens (including phenoxy) is 1. The molecule has 0 aromatic carbocycles. The molecule has 0 spiro atoms. The fraction of sp³-hybridized carbons (Fsp3) is 0.765. The number of hydrogen-bond donors (Lipinski definition) is 1. The summed E-state index contributed by atoms with van der Waals surface area (Å²) in [7, 11) is 0. The molecular weight excluding hydrogens is 262 g/mol. The summed E-state index contributed by atoms with van der Waals surface area (Å²) in [6, 6.07) is 0. The summed E-state index contributed by atoms with van der Waals surface area (Å²) >= 11 is 0. The van der Waals surface area contributed by atoms with Crippen molar-refractivity contribution in [1.82, 2.24) is 15.3 Å². The van der Waals surface area contributed by atoms with Gasteiger partial charge in [0.2, 0.25) is 0 Å². The Morgan fingerprint density at radius 1 is 1.29 bits per heavy atom. The largest absolute Gasteiger partial charge is 0.381 e. The third-order valence-electron chi connectivity index (χ3n) is 4.16. The topological polar surface area (TPSA) is 47.0 Å². The summed E-state index contributed by atoms with van der Waals surface area (Å²) in [6.45, 7) is 10.1. The van der Waals surface area contributed by atoms with Gasteiger partial charge in [0.25, 0.3) is 0 Å². The molecule has 0 radical (unpaired) electrons. The lowest BCUT2D eigenvalue weighted by Gasteiger charge is -2.25. The molecule has 0 fully saturated rings. The van der Waals surface area contributed by atoms with E-state index in [1.807, 2.05) is 6.92 Å².